The van der Waals surface area contributed by atoms with Gasteiger partial charge in [-0.1, -0.05) is 30.3 Å². The van der Waals surface area contributed by atoms with Gasteiger partial charge < -0.3 is 5.73 Å². The monoisotopic (exact) mass is 312 g/mol. The Labute approximate surface area is 121 Å². The van der Waals surface area contributed by atoms with Crippen molar-refractivity contribution in [3.8, 4) is 0 Å². The lowest BCUT2D eigenvalue weighted by Crippen LogP contribution is -2.27. The van der Waals surface area contributed by atoms with Gasteiger partial charge in [0.2, 0.25) is 10.0 Å². The number of sulfonamides is 1. The molecule has 0 fully saturated rings. The molecule has 0 bridgehead atoms. The molecule has 2 rings (SSSR count). The largest absolute Gasteiger partial charge is 0.399 e. The van der Waals surface area contributed by atoms with E-state index in [1.165, 1.54) is 0 Å². The predicted octanol–water partition coefficient (Wildman–Crippen LogP) is 2.07. The van der Waals surface area contributed by atoms with Crippen molar-refractivity contribution in [2.75, 3.05) is 12.3 Å². The zero-order valence-corrected chi connectivity index (χ0v) is 11.8. The summed E-state index contributed by atoms with van der Waals surface area (Å²) in [5.74, 6) is -2.42. The summed E-state index contributed by atoms with van der Waals surface area (Å²) in [4.78, 5) is -1.01. The second-order valence-corrected chi connectivity index (χ2v) is 6.15. The third-order valence-electron chi connectivity index (χ3n) is 2.84. The van der Waals surface area contributed by atoms with E-state index in [-0.39, 0.29) is 12.2 Å². The molecule has 0 aromatic heterocycles. The summed E-state index contributed by atoms with van der Waals surface area (Å²) in [6, 6.07) is 10.7. The topological polar surface area (TPSA) is 72.2 Å². The van der Waals surface area contributed by atoms with Gasteiger partial charge in [0.25, 0.3) is 0 Å². The van der Waals surface area contributed by atoms with Crippen LogP contribution >= 0.6 is 0 Å². The summed E-state index contributed by atoms with van der Waals surface area (Å²) in [6.07, 6.45) is 0.415. The third kappa shape index (κ3) is 3.77. The lowest BCUT2D eigenvalue weighted by Gasteiger charge is -2.09. The first-order valence-electron chi connectivity index (χ1n) is 6.18. The molecule has 0 aliphatic carbocycles. The van der Waals surface area contributed by atoms with Crippen LogP contribution in [0.1, 0.15) is 5.56 Å². The highest BCUT2D eigenvalue weighted by molar-refractivity contribution is 7.89. The molecular formula is C14H14F2N2O2S. The van der Waals surface area contributed by atoms with Crippen LogP contribution in [-0.2, 0) is 16.4 Å². The zero-order valence-electron chi connectivity index (χ0n) is 11.0. The average molecular weight is 312 g/mol. The molecule has 112 valence electrons. The zero-order chi connectivity index (χ0) is 15.5. The van der Waals surface area contributed by atoms with Gasteiger partial charge in [0.1, 0.15) is 11.6 Å². The first-order chi connectivity index (χ1) is 9.90. The van der Waals surface area contributed by atoms with E-state index in [2.05, 4.69) is 4.72 Å². The van der Waals surface area contributed by atoms with Crippen LogP contribution in [0.3, 0.4) is 0 Å². The van der Waals surface area contributed by atoms with E-state index in [9.17, 15) is 17.2 Å². The van der Waals surface area contributed by atoms with E-state index in [1.54, 1.807) is 0 Å². The molecule has 0 radical (unpaired) electrons. The maximum Gasteiger partial charge on any atom is 0.246 e. The Hall–Kier alpha value is -1.99. The number of benzene rings is 2. The van der Waals surface area contributed by atoms with Gasteiger partial charge in [0.05, 0.1) is 0 Å². The van der Waals surface area contributed by atoms with Crippen LogP contribution in [0.15, 0.2) is 47.4 Å². The van der Waals surface area contributed by atoms with Crippen molar-refractivity contribution in [2.45, 2.75) is 11.3 Å². The molecule has 0 amide bonds. The maximum absolute atomic E-state index is 13.6. The van der Waals surface area contributed by atoms with Gasteiger partial charge in [-0.15, -0.1) is 0 Å². The molecule has 0 spiro atoms. The van der Waals surface area contributed by atoms with Crippen molar-refractivity contribution >= 4 is 15.7 Å². The number of hydrogen-bond acceptors (Lipinski definition) is 3. The Morgan fingerprint density at radius 3 is 2.19 bits per heavy atom. The van der Waals surface area contributed by atoms with Crippen molar-refractivity contribution in [3.63, 3.8) is 0 Å². The number of rotatable bonds is 5. The minimum absolute atomic E-state index is 0.0373. The lowest BCUT2D eigenvalue weighted by molar-refractivity contribution is 0.515. The highest BCUT2D eigenvalue weighted by atomic mass is 32.2. The fraction of sp³-hybridized carbons (Fsp3) is 0.143. The van der Waals surface area contributed by atoms with Gasteiger partial charge in [0, 0.05) is 12.2 Å². The Kier molecular flexibility index (Phi) is 4.54. The minimum Gasteiger partial charge on any atom is -0.399 e. The van der Waals surface area contributed by atoms with E-state index < -0.39 is 26.6 Å². The molecule has 0 unspecified atom stereocenters. The molecule has 7 heteroatoms. The molecule has 0 aliphatic rings. The molecule has 4 nitrogen and oxygen atoms in total. The van der Waals surface area contributed by atoms with Gasteiger partial charge >= 0.3 is 0 Å². The molecule has 3 N–H and O–H groups in total. The first-order valence-corrected chi connectivity index (χ1v) is 7.66. The predicted molar refractivity (Wildman–Crippen MR) is 76.1 cm³/mol. The van der Waals surface area contributed by atoms with Crippen LogP contribution in [0.5, 0.6) is 0 Å². The van der Waals surface area contributed by atoms with E-state index in [4.69, 9.17) is 5.73 Å². The first kappa shape index (κ1) is 15.4. The standard InChI is InChI=1S/C14H14F2N2O2S/c15-12-8-11(17)9-13(16)14(12)21(19,20)18-7-6-10-4-2-1-3-5-10/h1-5,8-9,18H,6-7,17H2. The Bertz CT molecular complexity index is 711. The van der Waals surface area contributed by atoms with Crippen LogP contribution in [0, 0.1) is 11.6 Å². The molecule has 0 atom stereocenters. The number of anilines is 1. The molecule has 2 aromatic rings. The summed E-state index contributed by atoms with van der Waals surface area (Å²) in [6.45, 7) is 0.0373. The fourth-order valence-corrected chi connectivity index (χ4v) is 3.03. The van der Waals surface area contributed by atoms with Crippen LogP contribution in [0.2, 0.25) is 0 Å². The van der Waals surface area contributed by atoms with Crippen LogP contribution in [0.4, 0.5) is 14.5 Å². The number of nitrogens with two attached hydrogens (primary N) is 1. The number of halogens is 2. The van der Waals surface area contributed by atoms with Gasteiger partial charge in [-0.05, 0) is 24.1 Å². The van der Waals surface area contributed by atoms with Crippen LogP contribution in [0.25, 0.3) is 0 Å². The fourth-order valence-electron chi connectivity index (χ4n) is 1.88. The van der Waals surface area contributed by atoms with Gasteiger partial charge in [0.15, 0.2) is 4.90 Å². The molecule has 2 aromatic carbocycles. The second-order valence-electron chi connectivity index (χ2n) is 4.45. The van der Waals surface area contributed by atoms with Gasteiger partial charge in [-0.25, -0.2) is 21.9 Å². The third-order valence-corrected chi connectivity index (χ3v) is 4.35. The lowest BCUT2D eigenvalue weighted by atomic mass is 10.2. The molecule has 0 saturated carbocycles. The smallest absolute Gasteiger partial charge is 0.246 e. The van der Waals surface area contributed by atoms with Crippen molar-refractivity contribution in [3.05, 3.63) is 59.7 Å². The van der Waals surface area contributed by atoms with Crippen molar-refractivity contribution in [2.24, 2.45) is 0 Å². The SMILES string of the molecule is Nc1cc(F)c(S(=O)(=O)NCCc2ccccc2)c(F)c1. The minimum atomic E-state index is -4.26. The summed E-state index contributed by atoms with van der Waals surface area (Å²) in [5.41, 5.74) is 5.99. The molecule has 0 heterocycles. The van der Waals surface area contributed by atoms with E-state index in [1.807, 2.05) is 30.3 Å². The Morgan fingerprint density at radius 2 is 1.62 bits per heavy atom. The summed E-state index contributed by atoms with van der Waals surface area (Å²) < 4.78 is 53.3. The number of hydrogen-bond donors (Lipinski definition) is 2. The van der Waals surface area contributed by atoms with E-state index in [0.717, 1.165) is 17.7 Å². The summed E-state index contributed by atoms with van der Waals surface area (Å²) >= 11 is 0. The quantitative estimate of drug-likeness (QED) is 0.830. The van der Waals surface area contributed by atoms with E-state index in [0.29, 0.717) is 6.42 Å². The highest BCUT2D eigenvalue weighted by Gasteiger charge is 2.24. The molecular weight excluding hydrogens is 298 g/mol. The maximum atomic E-state index is 13.6. The average Bonchev–Trinajstić information content (AvgIpc) is 2.38. The van der Waals surface area contributed by atoms with Gasteiger partial charge in [-0.3, -0.25) is 0 Å². The molecule has 0 saturated heterocycles. The normalized spacial score (nSPS) is 11.5. The van der Waals surface area contributed by atoms with E-state index >= 15 is 0 Å². The Balaban J connectivity index is 2.12. The highest BCUT2D eigenvalue weighted by Crippen LogP contribution is 2.21. The molecule has 0 aliphatic heterocycles. The van der Waals surface area contributed by atoms with Crippen LogP contribution < -0.4 is 10.5 Å². The summed E-state index contributed by atoms with van der Waals surface area (Å²) in [7, 11) is -4.26. The second kappa shape index (κ2) is 6.19. The molecule has 21 heavy (non-hydrogen) atoms. The number of nitrogen functional groups attached to an aromatic ring is 1. The van der Waals surface area contributed by atoms with Crippen molar-refractivity contribution in [1.29, 1.82) is 0 Å². The van der Waals surface area contributed by atoms with Crippen molar-refractivity contribution in [1.82, 2.24) is 4.72 Å². The van der Waals surface area contributed by atoms with Crippen LogP contribution in [-0.4, -0.2) is 15.0 Å². The summed E-state index contributed by atoms with van der Waals surface area (Å²) in [5, 5.41) is 0. The number of nitrogens with one attached hydrogen (secondary N) is 1. The van der Waals surface area contributed by atoms with Crippen molar-refractivity contribution < 1.29 is 17.2 Å². The Morgan fingerprint density at radius 1 is 1.05 bits per heavy atom. The van der Waals surface area contributed by atoms with Gasteiger partial charge in [-0.2, -0.15) is 0 Å².